The van der Waals surface area contributed by atoms with E-state index in [0.29, 0.717) is 12.8 Å². The van der Waals surface area contributed by atoms with Gasteiger partial charge in [-0.3, -0.25) is 14.9 Å². The molecule has 0 aliphatic heterocycles. The zero-order valence-electron chi connectivity index (χ0n) is 9.30. The number of carboxylic acid groups (broad SMARTS) is 1. The number of nitrogens with zero attached hydrogens (tertiary/aromatic N) is 1. The Balaban J connectivity index is 2.12. The largest absolute Gasteiger partial charge is 0.480 e. The van der Waals surface area contributed by atoms with Crippen molar-refractivity contribution in [2.24, 2.45) is 0 Å². The van der Waals surface area contributed by atoms with Crippen LogP contribution in [0.2, 0.25) is 0 Å². The highest BCUT2D eigenvalue weighted by Gasteiger charge is 2.46. The Morgan fingerprint density at radius 1 is 1.50 bits per heavy atom. The number of carbonyl (C=O) groups excluding carboxylic acids is 1. The summed E-state index contributed by atoms with van der Waals surface area (Å²) in [6.07, 6.45) is 2.56. The van der Waals surface area contributed by atoms with Crippen molar-refractivity contribution < 1.29 is 19.6 Å². The van der Waals surface area contributed by atoms with Crippen molar-refractivity contribution in [2.75, 3.05) is 0 Å². The van der Waals surface area contributed by atoms with E-state index in [-0.39, 0.29) is 11.4 Å². The molecule has 0 atom stereocenters. The van der Waals surface area contributed by atoms with Crippen molar-refractivity contribution in [2.45, 2.75) is 24.8 Å². The second kappa shape index (κ2) is 4.13. The monoisotopic (exact) mass is 253 g/mol. The first-order valence-corrected chi connectivity index (χ1v) is 5.33. The van der Waals surface area contributed by atoms with E-state index >= 15 is 0 Å². The van der Waals surface area contributed by atoms with Gasteiger partial charge in [-0.2, -0.15) is 0 Å². The Morgan fingerprint density at radius 2 is 2.17 bits per heavy atom. The molecule has 1 aliphatic carbocycles. The van der Waals surface area contributed by atoms with Crippen LogP contribution in [-0.4, -0.2) is 32.4 Å². The summed E-state index contributed by atoms with van der Waals surface area (Å²) in [4.78, 5) is 35.1. The molecular formula is C10H11N3O5. The summed E-state index contributed by atoms with van der Waals surface area (Å²) in [7, 11) is 0. The Bertz CT molecular complexity index is 517. The van der Waals surface area contributed by atoms with Crippen molar-refractivity contribution >= 4 is 17.6 Å². The maximum Gasteiger partial charge on any atom is 0.329 e. The number of carbonyl (C=O) groups is 2. The standard InChI is InChI=1S/C10H11N3O5/c14-8(7-4-6(5-11-7)13(17)18)12-10(9(15)16)2-1-3-10/h4-5,11H,1-3H2,(H,12,14)(H,15,16). The first-order valence-electron chi connectivity index (χ1n) is 5.33. The van der Waals surface area contributed by atoms with Gasteiger partial charge in [-0.25, -0.2) is 4.79 Å². The van der Waals surface area contributed by atoms with Gasteiger partial charge < -0.3 is 15.4 Å². The minimum Gasteiger partial charge on any atom is -0.480 e. The Morgan fingerprint density at radius 3 is 2.56 bits per heavy atom. The SMILES string of the molecule is O=C(NC1(C(=O)O)CCC1)c1cc([N+](=O)[O-])c[nH]1. The Hall–Kier alpha value is -2.38. The number of hydrogen-bond acceptors (Lipinski definition) is 4. The van der Waals surface area contributed by atoms with E-state index in [9.17, 15) is 19.7 Å². The van der Waals surface area contributed by atoms with Crippen LogP contribution >= 0.6 is 0 Å². The zero-order chi connectivity index (χ0) is 13.3. The second-order valence-electron chi connectivity index (χ2n) is 4.22. The lowest BCUT2D eigenvalue weighted by Gasteiger charge is -2.38. The van der Waals surface area contributed by atoms with Gasteiger partial charge in [0.2, 0.25) is 0 Å². The molecule has 3 N–H and O–H groups in total. The number of nitro groups is 1. The minimum absolute atomic E-state index is 0.0192. The highest BCUT2D eigenvalue weighted by molar-refractivity contribution is 5.97. The average Bonchev–Trinajstić information content (AvgIpc) is 2.71. The van der Waals surface area contributed by atoms with Crippen LogP contribution in [0.5, 0.6) is 0 Å². The van der Waals surface area contributed by atoms with Gasteiger partial charge in [0.05, 0.1) is 11.1 Å². The molecule has 1 saturated carbocycles. The fourth-order valence-electron chi connectivity index (χ4n) is 1.83. The predicted molar refractivity (Wildman–Crippen MR) is 59.1 cm³/mol. The van der Waals surface area contributed by atoms with Gasteiger partial charge in [-0.1, -0.05) is 0 Å². The Labute approximate surface area is 101 Å². The number of carboxylic acids is 1. The van der Waals surface area contributed by atoms with Crippen molar-refractivity contribution in [3.8, 4) is 0 Å². The predicted octanol–water partition coefficient (Wildman–Crippen LogP) is 0.660. The van der Waals surface area contributed by atoms with E-state index in [2.05, 4.69) is 10.3 Å². The molecule has 0 spiro atoms. The molecule has 1 aliphatic rings. The molecule has 1 heterocycles. The van der Waals surface area contributed by atoms with Crippen LogP contribution in [-0.2, 0) is 4.79 Å². The fraction of sp³-hybridized carbons (Fsp3) is 0.400. The van der Waals surface area contributed by atoms with Crippen LogP contribution in [0.1, 0.15) is 29.8 Å². The van der Waals surface area contributed by atoms with E-state index in [1.807, 2.05) is 0 Å². The van der Waals surface area contributed by atoms with Gasteiger partial charge in [-0.15, -0.1) is 0 Å². The smallest absolute Gasteiger partial charge is 0.329 e. The Kier molecular flexibility index (Phi) is 2.77. The van der Waals surface area contributed by atoms with Gasteiger partial charge in [0.25, 0.3) is 11.6 Å². The third kappa shape index (κ3) is 1.92. The normalized spacial score (nSPS) is 16.7. The third-order valence-electron chi connectivity index (χ3n) is 3.09. The number of aromatic nitrogens is 1. The van der Waals surface area contributed by atoms with Crippen LogP contribution in [0, 0.1) is 10.1 Å². The van der Waals surface area contributed by atoms with Crippen molar-refractivity contribution in [3.63, 3.8) is 0 Å². The molecule has 0 radical (unpaired) electrons. The summed E-state index contributed by atoms with van der Waals surface area (Å²) >= 11 is 0. The molecule has 0 unspecified atom stereocenters. The molecule has 0 bridgehead atoms. The van der Waals surface area contributed by atoms with Crippen LogP contribution in [0.15, 0.2) is 12.3 Å². The highest BCUT2D eigenvalue weighted by atomic mass is 16.6. The van der Waals surface area contributed by atoms with Gasteiger partial charge >= 0.3 is 5.97 Å². The van der Waals surface area contributed by atoms with Gasteiger partial charge in [0.15, 0.2) is 0 Å². The van der Waals surface area contributed by atoms with Crippen LogP contribution < -0.4 is 5.32 Å². The second-order valence-corrected chi connectivity index (χ2v) is 4.22. The molecule has 0 saturated heterocycles. The summed E-state index contributed by atoms with van der Waals surface area (Å²) in [5.41, 5.74) is -1.48. The quantitative estimate of drug-likeness (QED) is 0.536. The molecule has 8 heteroatoms. The summed E-state index contributed by atoms with van der Waals surface area (Å²) < 4.78 is 0. The number of aliphatic carboxylic acids is 1. The number of rotatable bonds is 4. The average molecular weight is 253 g/mol. The molecule has 1 aromatic rings. The van der Waals surface area contributed by atoms with Gasteiger partial charge in [-0.05, 0) is 19.3 Å². The molecule has 1 aromatic heterocycles. The summed E-state index contributed by atoms with van der Waals surface area (Å²) in [6.45, 7) is 0. The zero-order valence-corrected chi connectivity index (χ0v) is 9.30. The molecule has 2 rings (SSSR count). The lowest BCUT2D eigenvalue weighted by Crippen LogP contribution is -2.59. The number of aromatic amines is 1. The molecular weight excluding hydrogens is 242 g/mol. The van der Waals surface area contributed by atoms with Gasteiger partial charge in [0, 0.05) is 6.07 Å². The summed E-state index contributed by atoms with van der Waals surface area (Å²) in [6, 6.07) is 1.07. The first kappa shape index (κ1) is 12.1. The maximum absolute atomic E-state index is 11.8. The number of nitrogens with one attached hydrogen (secondary N) is 2. The van der Waals surface area contributed by atoms with E-state index < -0.39 is 22.3 Å². The van der Waals surface area contributed by atoms with E-state index in [0.717, 1.165) is 18.7 Å². The maximum atomic E-state index is 11.8. The summed E-state index contributed by atoms with van der Waals surface area (Å²) in [5.74, 6) is -1.73. The first-order chi connectivity index (χ1) is 8.44. The topological polar surface area (TPSA) is 125 Å². The minimum atomic E-state index is -1.23. The van der Waals surface area contributed by atoms with Crippen molar-refractivity contribution in [1.29, 1.82) is 0 Å². The number of amides is 1. The lowest BCUT2D eigenvalue weighted by molar-refractivity contribution is -0.384. The van der Waals surface area contributed by atoms with Crippen molar-refractivity contribution in [1.82, 2.24) is 10.3 Å². The fourth-order valence-corrected chi connectivity index (χ4v) is 1.83. The van der Waals surface area contributed by atoms with Crippen molar-refractivity contribution in [3.05, 3.63) is 28.1 Å². The van der Waals surface area contributed by atoms with E-state index in [4.69, 9.17) is 5.11 Å². The lowest BCUT2D eigenvalue weighted by atomic mass is 9.76. The molecule has 1 amide bonds. The van der Waals surface area contributed by atoms with E-state index in [1.165, 1.54) is 0 Å². The van der Waals surface area contributed by atoms with Gasteiger partial charge in [0.1, 0.15) is 11.2 Å². The van der Waals surface area contributed by atoms with Crippen LogP contribution in [0.4, 0.5) is 5.69 Å². The third-order valence-corrected chi connectivity index (χ3v) is 3.09. The van der Waals surface area contributed by atoms with Crippen LogP contribution in [0.25, 0.3) is 0 Å². The van der Waals surface area contributed by atoms with E-state index in [1.54, 1.807) is 0 Å². The molecule has 8 nitrogen and oxygen atoms in total. The molecule has 96 valence electrons. The molecule has 1 fully saturated rings. The highest BCUT2D eigenvalue weighted by Crippen LogP contribution is 2.32. The molecule has 0 aromatic carbocycles. The number of hydrogen-bond donors (Lipinski definition) is 3. The van der Waals surface area contributed by atoms with Crippen LogP contribution in [0.3, 0.4) is 0 Å². The number of H-pyrrole nitrogens is 1. The molecule has 18 heavy (non-hydrogen) atoms. The summed E-state index contributed by atoms with van der Waals surface area (Å²) in [5, 5.41) is 21.9.